The number of aliphatic hydroxyl groups is 2. The summed E-state index contributed by atoms with van der Waals surface area (Å²) in [6.07, 6.45) is 1.32. The van der Waals surface area contributed by atoms with Crippen LogP contribution in [0.1, 0.15) is 53.4 Å². The van der Waals surface area contributed by atoms with Gasteiger partial charge in [-0.15, -0.1) is 0 Å². The van der Waals surface area contributed by atoms with E-state index in [1.807, 2.05) is 13.8 Å². The van der Waals surface area contributed by atoms with Gasteiger partial charge in [-0.25, -0.2) is 0 Å². The molecule has 0 aromatic rings. The van der Waals surface area contributed by atoms with Gasteiger partial charge >= 0.3 is 5.97 Å². The van der Waals surface area contributed by atoms with E-state index >= 15 is 0 Å². The molecule has 3 N–H and O–H groups in total. The Hall–Kier alpha value is -1.32. The molecule has 1 saturated heterocycles. The second kappa shape index (κ2) is 8.35. The van der Waals surface area contributed by atoms with Gasteiger partial charge in [-0.2, -0.15) is 0 Å². The van der Waals surface area contributed by atoms with Crippen molar-refractivity contribution in [2.75, 3.05) is 13.7 Å². The van der Waals surface area contributed by atoms with Crippen LogP contribution in [0.5, 0.6) is 0 Å². The third-order valence-corrected chi connectivity index (χ3v) is 10.7. The van der Waals surface area contributed by atoms with Crippen LogP contribution in [0.25, 0.3) is 0 Å². The maximum Gasteiger partial charge on any atom is 0.315 e. The smallest absolute Gasteiger partial charge is 0.315 e. The summed E-state index contributed by atoms with van der Waals surface area (Å²) in [6.45, 7) is 8.02. The molecule has 0 radical (unpaired) electrons. The molecular weight excluding hydrogens is 452 g/mol. The van der Waals surface area contributed by atoms with Crippen LogP contribution in [0, 0.1) is 45.8 Å². The highest BCUT2D eigenvalue weighted by Crippen LogP contribution is 2.82. The Balaban J connectivity index is 1.57. The number of carbonyl (C=O) groups is 2. The van der Waals surface area contributed by atoms with Gasteiger partial charge in [-0.3, -0.25) is 4.79 Å². The second-order valence-corrected chi connectivity index (χ2v) is 12.2. The van der Waals surface area contributed by atoms with Crippen molar-refractivity contribution in [3.8, 4) is 0 Å². The Kier molecular flexibility index (Phi) is 6.04. The maximum atomic E-state index is 13.5. The number of fused-ring (bicyclic) bond motifs is 2. The van der Waals surface area contributed by atoms with Crippen LogP contribution in [-0.4, -0.2) is 72.0 Å². The summed E-state index contributed by atoms with van der Waals surface area (Å²) < 4.78 is 17.4. The van der Waals surface area contributed by atoms with Gasteiger partial charge in [0.1, 0.15) is 30.0 Å². The number of aliphatic hydroxyl groups excluding tert-OH is 2. The summed E-state index contributed by atoms with van der Waals surface area (Å²) in [7, 11) is 1.45. The molecule has 1 unspecified atom stereocenters. The van der Waals surface area contributed by atoms with Crippen molar-refractivity contribution in [2.24, 2.45) is 45.8 Å². The highest BCUT2D eigenvalue weighted by molar-refractivity contribution is 5.90. The monoisotopic (exact) mass is 492 g/mol. The molecule has 196 valence electrons. The Morgan fingerprint density at radius 2 is 1.94 bits per heavy atom. The average Bonchev–Trinajstić information content (AvgIpc) is 3.38. The average molecular weight is 493 g/mol. The van der Waals surface area contributed by atoms with Gasteiger partial charge in [0.15, 0.2) is 6.29 Å². The maximum absolute atomic E-state index is 13.5. The third kappa shape index (κ3) is 2.92. The summed E-state index contributed by atoms with van der Waals surface area (Å²) in [4.78, 5) is 26.5. The first kappa shape index (κ1) is 25.3. The van der Waals surface area contributed by atoms with E-state index in [1.165, 1.54) is 7.11 Å². The van der Waals surface area contributed by atoms with Crippen molar-refractivity contribution < 1.29 is 39.1 Å². The Bertz CT molecular complexity index is 917. The quantitative estimate of drug-likeness (QED) is 0.366. The predicted molar refractivity (Wildman–Crippen MR) is 125 cm³/mol. The van der Waals surface area contributed by atoms with E-state index in [2.05, 4.69) is 13.0 Å². The number of methoxy groups -OCH3 is 1. The number of hydrogen-bond donors (Lipinski definition) is 3. The van der Waals surface area contributed by atoms with Gasteiger partial charge in [0, 0.05) is 12.5 Å². The molecule has 0 amide bonds. The zero-order valence-electron chi connectivity index (χ0n) is 21.3. The van der Waals surface area contributed by atoms with Gasteiger partial charge in [-0.1, -0.05) is 38.8 Å². The highest BCUT2D eigenvalue weighted by atomic mass is 16.7. The first-order chi connectivity index (χ1) is 16.5. The first-order valence-corrected chi connectivity index (χ1v) is 13.1. The molecule has 35 heavy (non-hydrogen) atoms. The number of aliphatic carboxylic acids is 1. The molecule has 4 fully saturated rings. The minimum absolute atomic E-state index is 0.0219. The Labute approximate surface area is 207 Å². The van der Waals surface area contributed by atoms with Gasteiger partial charge in [0.05, 0.1) is 18.1 Å². The number of allylic oxidation sites excluding steroid dienone is 1. The number of aldehydes is 1. The van der Waals surface area contributed by atoms with E-state index < -0.39 is 52.9 Å². The minimum atomic E-state index is -1.34. The van der Waals surface area contributed by atoms with Crippen molar-refractivity contribution in [1.82, 2.24) is 0 Å². The van der Waals surface area contributed by atoms with E-state index in [4.69, 9.17) is 14.2 Å². The summed E-state index contributed by atoms with van der Waals surface area (Å²) >= 11 is 0. The van der Waals surface area contributed by atoms with Gasteiger partial charge in [0.2, 0.25) is 0 Å². The molecule has 4 bridgehead atoms. The number of carboxylic acids is 1. The molecule has 0 aromatic heterocycles. The van der Waals surface area contributed by atoms with Crippen LogP contribution < -0.4 is 0 Å². The molecule has 1 aliphatic heterocycles. The first-order valence-electron chi connectivity index (χ1n) is 13.1. The van der Waals surface area contributed by atoms with E-state index in [1.54, 1.807) is 6.92 Å². The normalized spacial score (nSPS) is 52.5. The van der Waals surface area contributed by atoms with Crippen molar-refractivity contribution in [1.29, 1.82) is 0 Å². The molecule has 1 heterocycles. The number of carbonyl (C=O) groups excluding carboxylic acids is 1. The van der Waals surface area contributed by atoms with E-state index in [9.17, 15) is 24.9 Å². The van der Waals surface area contributed by atoms with Crippen LogP contribution in [0.3, 0.4) is 0 Å². The molecule has 8 heteroatoms. The SMILES string of the molecule is CO[C@H]1[C@@H](O)[C@H](O)[C@H](OC[C@@]23C[C@@H]4[C@H](C)CC[C@H]4[C@@]4(C=O)CC2C=C(C(C)C)[C@@]34C(=O)O)O[C@@H]1C. The van der Waals surface area contributed by atoms with Gasteiger partial charge in [-0.05, 0) is 55.8 Å². The van der Waals surface area contributed by atoms with Crippen LogP contribution in [0.15, 0.2) is 11.6 Å². The van der Waals surface area contributed by atoms with Gasteiger partial charge in [0.25, 0.3) is 0 Å². The number of ether oxygens (including phenoxy) is 3. The van der Waals surface area contributed by atoms with E-state index in [-0.39, 0.29) is 30.3 Å². The fraction of sp³-hybridized carbons (Fsp3) is 0.852. The van der Waals surface area contributed by atoms with Crippen molar-refractivity contribution in [3.63, 3.8) is 0 Å². The van der Waals surface area contributed by atoms with Crippen LogP contribution >= 0.6 is 0 Å². The minimum Gasteiger partial charge on any atom is -0.481 e. The fourth-order valence-corrected chi connectivity index (χ4v) is 9.34. The molecule has 0 aromatic carbocycles. The van der Waals surface area contributed by atoms with Crippen LogP contribution in [-0.2, 0) is 23.8 Å². The zero-order chi connectivity index (χ0) is 25.5. The molecule has 5 aliphatic rings. The molecule has 0 spiro atoms. The summed E-state index contributed by atoms with van der Waals surface area (Å²) in [5.41, 5.74) is -2.28. The van der Waals surface area contributed by atoms with Crippen molar-refractivity contribution >= 4 is 12.3 Å². The van der Waals surface area contributed by atoms with Crippen LogP contribution in [0.4, 0.5) is 0 Å². The molecule has 8 nitrogen and oxygen atoms in total. The molecule has 4 aliphatic carbocycles. The Morgan fingerprint density at radius 3 is 2.54 bits per heavy atom. The van der Waals surface area contributed by atoms with Crippen molar-refractivity contribution in [3.05, 3.63) is 11.6 Å². The second-order valence-electron chi connectivity index (χ2n) is 12.2. The van der Waals surface area contributed by atoms with Gasteiger partial charge < -0.3 is 34.3 Å². The molecular formula is C27H40O8. The summed E-state index contributed by atoms with van der Waals surface area (Å²) in [5, 5.41) is 32.3. The number of hydrogen-bond acceptors (Lipinski definition) is 7. The van der Waals surface area contributed by atoms with E-state index in [0.29, 0.717) is 18.8 Å². The Morgan fingerprint density at radius 1 is 1.23 bits per heavy atom. The largest absolute Gasteiger partial charge is 0.481 e. The lowest BCUT2D eigenvalue weighted by atomic mass is 9.43. The predicted octanol–water partition coefficient (Wildman–Crippen LogP) is 2.41. The molecule has 12 atom stereocenters. The van der Waals surface area contributed by atoms with Crippen molar-refractivity contribution in [2.45, 2.75) is 84.1 Å². The lowest BCUT2D eigenvalue weighted by Gasteiger charge is -2.58. The number of carboxylic acid groups (broad SMARTS) is 1. The third-order valence-electron chi connectivity index (χ3n) is 10.7. The van der Waals surface area contributed by atoms with E-state index in [0.717, 1.165) is 24.7 Å². The van der Waals surface area contributed by atoms with Crippen LogP contribution in [0.2, 0.25) is 0 Å². The lowest BCUT2D eigenvalue weighted by Crippen LogP contribution is -2.64. The summed E-state index contributed by atoms with van der Waals surface area (Å²) in [5.74, 6) is -0.358. The molecule has 5 rings (SSSR count). The highest BCUT2D eigenvalue weighted by Gasteiger charge is 2.84. The lowest BCUT2D eigenvalue weighted by molar-refractivity contribution is -0.306. The number of rotatable bonds is 7. The molecule has 3 saturated carbocycles. The topological polar surface area (TPSA) is 123 Å². The standard InChI is InChI=1S/C27H40O8/c1-13(2)19-8-16-9-25(11-28)18-7-6-14(3)17(18)10-26(16,27(19,25)24(31)32)12-34-23-21(30)20(29)22(33-5)15(4)35-23/h8,11,13-18,20-23,29-30H,6-7,9-10,12H2,1-5H3,(H,31,32)/t14-,15-,16?,17-,18-,20+,21+,22-,23-,25+,26+,27+/m1/s1. The summed E-state index contributed by atoms with van der Waals surface area (Å²) in [6, 6.07) is 0. The fourth-order valence-electron chi connectivity index (χ4n) is 9.34. The zero-order valence-corrected chi connectivity index (χ0v) is 21.3.